The van der Waals surface area contributed by atoms with Gasteiger partial charge in [0.1, 0.15) is 0 Å². The highest BCUT2D eigenvalue weighted by Gasteiger charge is 2.17. The van der Waals surface area contributed by atoms with Crippen LogP contribution in [0.3, 0.4) is 0 Å². The van der Waals surface area contributed by atoms with Crippen molar-refractivity contribution < 1.29 is 0 Å². The summed E-state index contributed by atoms with van der Waals surface area (Å²) in [6.07, 6.45) is 2.28. The van der Waals surface area contributed by atoms with Crippen molar-refractivity contribution in [1.29, 1.82) is 5.26 Å². The lowest BCUT2D eigenvalue weighted by Gasteiger charge is -2.13. The average Bonchev–Trinajstić information content (AvgIpc) is 2.35. The van der Waals surface area contributed by atoms with E-state index in [-0.39, 0.29) is 5.41 Å². The van der Waals surface area contributed by atoms with Gasteiger partial charge in [-0.2, -0.15) is 5.26 Å². The summed E-state index contributed by atoms with van der Waals surface area (Å²) in [5.41, 5.74) is 0.109. The predicted octanol–water partition coefficient (Wildman–Crippen LogP) is 2.51. The molecule has 0 aliphatic heterocycles. The van der Waals surface area contributed by atoms with Gasteiger partial charge in [0, 0.05) is 16.5 Å². The normalized spacial score (nSPS) is 11.2. The van der Waals surface area contributed by atoms with Gasteiger partial charge in [-0.15, -0.1) is 11.3 Å². The zero-order valence-corrected chi connectivity index (χ0v) is 8.40. The van der Waals surface area contributed by atoms with E-state index in [9.17, 15) is 0 Å². The van der Waals surface area contributed by atoms with Crippen LogP contribution in [0, 0.1) is 11.3 Å². The van der Waals surface area contributed by atoms with Gasteiger partial charge in [-0.3, -0.25) is 0 Å². The van der Waals surface area contributed by atoms with Crippen molar-refractivity contribution in [3.63, 3.8) is 0 Å². The lowest BCUT2D eigenvalue weighted by molar-refractivity contribution is 0.585. The second-order valence-electron chi connectivity index (χ2n) is 3.72. The molecule has 2 nitrogen and oxygen atoms in total. The minimum absolute atomic E-state index is 0.109. The molecule has 0 saturated heterocycles. The fourth-order valence-electron chi connectivity index (χ4n) is 0.814. The Kier molecular flexibility index (Phi) is 2.49. The first-order valence-electron chi connectivity index (χ1n) is 3.86. The van der Waals surface area contributed by atoms with Gasteiger partial charge in [0.2, 0.25) is 0 Å². The maximum absolute atomic E-state index is 8.46. The molecule has 0 N–H and O–H groups in total. The second kappa shape index (κ2) is 3.24. The fourth-order valence-corrected chi connectivity index (χ4v) is 1.72. The van der Waals surface area contributed by atoms with E-state index in [2.05, 4.69) is 31.8 Å². The Morgan fingerprint density at radius 3 is 2.67 bits per heavy atom. The number of rotatable bonds is 1. The van der Waals surface area contributed by atoms with Crippen LogP contribution < -0.4 is 0 Å². The Morgan fingerprint density at radius 1 is 1.58 bits per heavy atom. The van der Waals surface area contributed by atoms with Crippen LogP contribution in [0.4, 0.5) is 0 Å². The quantitative estimate of drug-likeness (QED) is 0.665. The van der Waals surface area contributed by atoms with E-state index in [1.807, 2.05) is 0 Å². The lowest BCUT2D eigenvalue weighted by Crippen LogP contribution is -2.09. The largest absolute Gasteiger partial charge is 0.249 e. The van der Waals surface area contributed by atoms with Crippen LogP contribution in [0.1, 0.15) is 30.7 Å². The molecule has 1 aromatic heterocycles. The monoisotopic (exact) mass is 180 g/mol. The number of thiazole rings is 1. The summed E-state index contributed by atoms with van der Waals surface area (Å²) in [5, 5.41) is 9.57. The molecule has 12 heavy (non-hydrogen) atoms. The Labute approximate surface area is 76.9 Å². The fraction of sp³-hybridized carbons (Fsp3) is 0.556. The zero-order chi connectivity index (χ0) is 9.19. The minimum atomic E-state index is 0.109. The molecule has 1 aromatic rings. The van der Waals surface area contributed by atoms with Gasteiger partial charge >= 0.3 is 0 Å². The highest BCUT2D eigenvalue weighted by Crippen LogP contribution is 2.26. The molecule has 0 aliphatic rings. The number of nitriles is 1. The first-order valence-corrected chi connectivity index (χ1v) is 4.68. The third kappa shape index (κ3) is 2.05. The van der Waals surface area contributed by atoms with Crippen molar-refractivity contribution >= 4 is 11.3 Å². The smallest absolute Gasteiger partial charge is 0.0981 e. The topological polar surface area (TPSA) is 36.7 Å². The molecule has 1 heterocycles. The van der Waals surface area contributed by atoms with Gasteiger partial charge in [-0.1, -0.05) is 20.8 Å². The van der Waals surface area contributed by atoms with E-state index < -0.39 is 0 Å². The maximum Gasteiger partial charge on any atom is 0.0981 e. The van der Waals surface area contributed by atoms with Crippen LogP contribution in [0.5, 0.6) is 0 Å². The van der Waals surface area contributed by atoms with E-state index in [0.717, 1.165) is 9.88 Å². The molecule has 0 aromatic carbocycles. The summed E-state index contributed by atoms with van der Waals surface area (Å²) >= 11 is 1.63. The van der Waals surface area contributed by atoms with E-state index >= 15 is 0 Å². The lowest BCUT2D eigenvalue weighted by atomic mass is 9.98. The van der Waals surface area contributed by atoms with Gasteiger partial charge in [0.05, 0.1) is 17.5 Å². The molecule has 0 bridgehead atoms. The Balaban J connectivity index is 2.86. The van der Waals surface area contributed by atoms with Crippen LogP contribution in [0.15, 0.2) is 6.20 Å². The van der Waals surface area contributed by atoms with Crippen molar-refractivity contribution in [1.82, 2.24) is 4.98 Å². The highest BCUT2D eigenvalue weighted by molar-refractivity contribution is 7.11. The van der Waals surface area contributed by atoms with Gasteiger partial charge in [0.25, 0.3) is 0 Å². The van der Waals surface area contributed by atoms with Crippen LogP contribution in [0.25, 0.3) is 0 Å². The van der Waals surface area contributed by atoms with Crippen LogP contribution in [-0.2, 0) is 11.8 Å². The van der Waals surface area contributed by atoms with Crippen molar-refractivity contribution in [2.75, 3.05) is 0 Å². The molecule has 0 saturated carbocycles. The third-order valence-corrected chi connectivity index (χ3v) is 2.87. The predicted molar refractivity (Wildman–Crippen MR) is 50.1 cm³/mol. The molecule has 1 rings (SSSR count). The standard InChI is InChI=1S/C9H12N2S/c1-9(2,3)8-11-6-7(12-8)4-5-10/h6H,4H2,1-3H3. The van der Waals surface area contributed by atoms with Crippen molar-refractivity contribution in [2.24, 2.45) is 0 Å². The SMILES string of the molecule is CC(C)(C)c1ncc(CC#N)s1. The number of nitrogens with zero attached hydrogens (tertiary/aromatic N) is 2. The molecule has 3 heteroatoms. The number of hydrogen-bond donors (Lipinski definition) is 0. The molecule has 0 fully saturated rings. The molecule has 64 valence electrons. The van der Waals surface area contributed by atoms with Gasteiger partial charge in [-0.25, -0.2) is 4.98 Å². The van der Waals surface area contributed by atoms with Crippen LogP contribution >= 0.6 is 11.3 Å². The van der Waals surface area contributed by atoms with E-state index in [0.29, 0.717) is 6.42 Å². The van der Waals surface area contributed by atoms with E-state index in [1.54, 1.807) is 17.5 Å². The second-order valence-corrected chi connectivity index (χ2v) is 4.83. The summed E-state index contributed by atoms with van der Waals surface area (Å²) < 4.78 is 0. The minimum Gasteiger partial charge on any atom is -0.249 e. The molecule has 0 spiro atoms. The summed E-state index contributed by atoms with van der Waals surface area (Å²) in [6, 6.07) is 2.12. The first kappa shape index (κ1) is 9.21. The van der Waals surface area contributed by atoms with Crippen LogP contribution in [0.2, 0.25) is 0 Å². The molecule has 0 aliphatic carbocycles. The van der Waals surface area contributed by atoms with Crippen molar-refractivity contribution in [2.45, 2.75) is 32.6 Å². The number of aromatic nitrogens is 1. The molecule has 0 atom stereocenters. The number of hydrogen-bond acceptors (Lipinski definition) is 3. The van der Waals surface area contributed by atoms with Gasteiger partial charge < -0.3 is 0 Å². The first-order chi connectivity index (χ1) is 5.54. The molecular weight excluding hydrogens is 168 g/mol. The Morgan fingerprint density at radius 2 is 2.25 bits per heavy atom. The highest BCUT2D eigenvalue weighted by atomic mass is 32.1. The van der Waals surface area contributed by atoms with Crippen LogP contribution in [-0.4, -0.2) is 4.98 Å². The summed E-state index contributed by atoms with van der Waals surface area (Å²) in [7, 11) is 0. The third-order valence-electron chi connectivity index (χ3n) is 1.45. The Hall–Kier alpha value is -0.880. The van der Waals surface area contributed by atoms with E-state index in [1.165, 1.54) is 0 Å². The van der Waals surface area contributed by atoms with Gasteiger partial charge in [0.15, 0.2) is 0 Å². The van der Waals surface area contributed by atoms with Crippen molar-refractivity contribution in [3.05, 3.63) is 16.1 Å². The molecular formula is C9H12N2S. The molecule has 0 radical (unpaired) electrons. The maximum atomic E-state index is 8.46. The van der Waals surface area contributed by atoms with Crippen molar-refractivity contribution in [3.8, 4) is 6.07 Å². The molecule has 0 unspecified atom stereocenters. The summed E-state index contributed by atoms with van der Waals surface area (Å²) in [5.74, 6) is 0. The van der Waals surface area contributed by atoms with E-state index in [4.69, 9.17) is 5.26 Å². The Bertz CT molecular complexity index is 301. The summed E-state index contributed by atoms with van der Waals surface area (Å²) in [6.45, 7) is 6.38. The molecule has 0 amide bonds. The van der Waals surface area contributed by atoms with Gasteiger partial charge in [-0.05, 0) is 0 Å². The zero-order valence-electron chi connectivity index (χ0n) is 7.59. The summed E-state index contributed by atoms with van der Waals surface area (Å²) in [4.78, 5) is 5.33. The average molecular weight is 180 g/mol.